The second kappa shape index (κ2) is 5.60. The van der Waals surface area contributed by atoms with Crippen LogP contribution in [0.15, 0.2) is 42.7 Å². The van der Waals surface area contributed by atoms with Gasteiger partial charge in [0.2, 0.25) is 0 Å². The van der Waals surface area contributed by atoms with Gasteiger partial charge in [0.1, 0.15) is 5.56 Å². The molecule has 1 amide bonds. The van der Waals surface area contributed by atoms with Crippen molar-refractivity contribution in [3.05, 3.63) is 53.9 Å². The second-order valence-corrected chi connectivity index (χ2v) is 5.62. The monoisotopic (exact) mass is 294 g/mol. The lowest BCUT2D eigenvalue weighted by Crippen LogP contribution is -2.30. The zero-order chi connectivity index (χ0) is 15.7. The fraction of sp³-hybridized carbons (Fsp3) is 0.235. The number of rotatable bonds is 3. The van der Waals surface area contributed by atoms with Crippen LogP contribution in [0.1, 0.15) is 29.8 Å². The van der Waals surface area contributed by atoms with E-state index in [1.165, 1.54) is 5.56 Å². The smallest absolute Gasteiger partial charge is 0.256 e. The van der Waals surface area contributed by atoms with E-state index in [9.17, 15) is 4.79 Å². The molecule has 0 unspecified atom stereocenters. The van der Waals surface area contributed by atoms with Gasteiger partial charge in [-0.05, 0) is 26.8 Å². The SMILES string of the molecule is Cc1ccc(-c2ccnc3c(C(=O)NC(C)C)cnn23)cc1. The predicted octanol–water partition coefficient (Wildman–Crippen LogP) is 2.84. The molecule has 1 N–H and O–H groups in total. The molecule has 0 saturated heterocycles. The topological polar surface area (TPSA) is 59.3 Å². The summed E-state index contributed by atoms with van der Waals surface area (Å²) >= 11 is 0. The van der Waals surface area contributed by atoms with Crippen LogP contribution >= 0.6 is 0 Å². The molecular weight excluding hydrogens is 276 g/mol. The number of hydrogen-bond donors (Lipinski definition) is 1. The summed E-state index contributed by atoms with van der Waals surface area (Å²) in [6.45, 7) is 5.90. The molecule has 0 saturated carbocycles. The molecule has 0 bridgehead atoms. The average molecular weight is 294 g/mol. The lowest BCUT2D eigenvalue weighted by atomic mass is 10.1. The molecular formula is C17H18N4O. The third-order valence-electron chi connectivity index (χ3n) is 3.41. The molecule has 0 fully saturated rings. The maximum absolute atomic E-state index is 12.2. The largest absolute Gasteiger partial charge is 0.350 e. The molecule has 0 aliphatic rings. The van der Waals surface area contributed by atoms with Crippen LogP contribution < -0.4 is 5.32 Å². The van der Waals surface area contributed by atoms with Gasteiger partial charge in [-0.1, -0.05) is 29.8 Å². The summed E-state index contributed by atoms with van der Waals surface area (Å²) in [6.07, 6.45) is 3.27. The van der Waals surface area contributed by atoms with Crippen molar-refractivity contribution >= 4 is 11.6 Å². The van der Waals surface area contributed by atoms with E-state index in [4.69, 9.17) is 0 Å². The van der Waals surface area contributed by atoms with Gasteiger partial charge >= 0.3 is 0 Å². The average Bonchev–Trinajstić information content (AvgIpc) is 2.91. The Morgan fingerprint density at radius 3 is 2.59 bits per heavy atom. The van der Waals surface area contributed by atoms with Crippen LogP contribution in [0.4, 0.5) is 0 Å². The first-order chi connectivity index (χ1) is 10.6. The van der Waals surface area contributed by atoms with Gasteiger partial charge in [-0.15, -0.1) is 0 Å². The van der Waals surface area contributed by atoms with Crippen LogP contribution in [-0.2, 0) is 0 Å². The van der Waals surface area contributed by atoms with Crippen molar-refractivity contribution < 1.29 is 4.79 Å². The van der Waals surface area contributed by atoms with Crippen LogP contribution in [0.25, 0.3) is 16.9 Å². The standard InChI is InChI=1S/C17H18N4O/c1-11(2)20-17(22)14-10-19-21-15(8-9-18-16(14)21)13-6-4-12(3)5-7-13/h4-11H,1-3H3,(H,20,22). The van der Waals surface area contributed by atoms with E-state index in [1.54, 1.807) is 16.9 Å². The molecule has 2 aromatic heterocycles. The number of carbonyl (C=O) groups excluding carboxylic acids is 1. The molecule has 0 atom stereocenters. The highest BCUT2D eigenvalue weighted by Gasteiger charge is 2.16. The van der Waals surface area contributed by atoms with Crippen LogP contribution in [0.3, 0.4) is 0 Å². The first-order valence-corrected chi connectivity index (χ1v) is 7.27. The van der Waals surface area contributed by atoms with Crippen LogP contribution in [0.5, 0.6) is 0 Å². The maximum atomic E-state index is 12.2. The summed E-state index contributed by atoms with van der Waals surface area (Å²) in [4.78, 5) is 16.5. The first-order valence-electron chi connectivity index (χ1n) is 7.27. The van der Waals surface area contributed by atoms with Crippen LogP contribution in [0, 0.1) is 6.92 Å². The van der Waals surface area contributed by atoms with E-state index < -0.39 is 0 Å². The van der Waals surface area contributed by atoms with Gasteiger partial charge in [0.15, 0.2) is 5.65 Å². The molecule has 22 heavy (non-hydrogen) atoms. The fourth-order valence-corrected chi connectivity index (χ4v) is 2.33. The summed E-state index contributed by atoms with van der Waals surface area (Å²) in [7, 11) is 0. The van der Waals surface area contributed by atoms with Crippen molar-refractivity contribution in [3.63, 3.8) is 0 Å². The minimum absolute atomic E-state index is 0.0720. The Hall–Kier alpha value is -2.69. The quantitative estimate of drug-likeness (QED) is 0.808. The van der Waals surface area contributed by atoms with E-state index in [-0.39, 0.29) is 11.9 Å². The number of aromatic nitrogens is 3. The van der Waals surface area contributed by atoms with Crippen molar-refractivity contribution in [2.45, 2.75) is 26.8 Å². The zero-order valence-electron chi connectivity index (χ0n) is 12.9. The molecule has 5 nitrogen and oxygen atoms in total. The highest BCUT2D eigenvalue weighted by Crippen LogP contribution is 2.21. The summed E-state index contributed by atoms with van der Waals surface area (Å²) in [6, 6.07) is 10.2. The number of carbonyl (C=O) groups is 1. The van der Waals surface area contributed by atoms with Crippen molar-refractivity contribution in [1.82, 2.24) is 19.9 Å². The van der Waals surface area contributed by atoms with Gasteiger partial charge in [0.25, 0.3) is 5.91 Å². The summed E-state index contributed by atoms with van der Waals surface area (Å²) in [5.41, 5.74) is 4.20. The Labute approximate surface area is 129 Å². The summed E-state index contributed by atoms with van der Waals surface area (Å²) in [5.74, 6) is -0.154. The minimum atomic E-state index is -0.154. The maximum Gasteiger partial charge on any atom is 0.256 e. The highest BCUT2D eigenvalue weighted by atomic mass is 16.1. The van der Waals surface area contributed by atoms with Gasteiger partial charge in [-0.3, -0.25) is 4.79 Å². The van der Waals surface area contributed by atoms with E-state index in [0.717, 1.165) is 11.3 Å². The molecule has 5 heteroatoms. The highest BCUT2D eigenvalue weighted by molar-refractivity contribution is 6.00. The molecule has 3 rings (SSSR count). The Bertz CT molecular complexity index is 818. The molecule has 0 radical (unpaired) electrons. The zero-order valence-corrected chi connectivity index (χ0v) is 12.9. The molecule has 112 valence electrons. The normalized spacial score (nSPS) is 11.1. The second-order valence-electron chi connectivity index (χ2n) is 5.62. The van der Waals surface area contributed by atoms with Gasteiger partial charge in [0, 0.05) is 17.8 Å². The Morgan fingerprint density at radius 1 is 1.18 bits per heavy atom. The molecule has 1 aromatic carbocycles. The minimum Gasteiger partial charge on any atom is -0.350 e. The first kappa shape index (κ1) is 14.3. The number of fused-ring (bicyclic) bond motifs is 1. The number of nitrogens with zero attached hydrogens (tertiary/aromatic N) is 3. The summed E-state index contributed by atoms with van der Waals surface area (Å²) < 4.78 is 1.71. The number of aryl methyl sites for hydroxylation is 1. The number of benzene rings is 1. The van der Waals surface area contributed by atoms with E-state index in [2.05, 4.69) is 27.5 Å². The number of nitrogens with one attached hydrogen (secondary N) is 1. The molecule has 0 spiro atoms. The fourth-order valence-electron chi connectivity index (χ4n) is 2.33. The third-order valence-corrected chi connectivity index (χ3v) is 3.41. The summed E-state index contributed by atoms with van der Waals surface area (Å²) in [5, 5.41) is 7.21. The van der Waals surface area contributed by atoms with Crippen molar-refractivity contribution in [2.75, 3.05) is 0 Å². The molecule has 3 aromatic rings. The number of amides is 1. The number of hydrogen-bond acceptors (Lipinski definition) is 3. The Kier molecular flexibility index (Phi) is 3.63. The lowest BCUT2D eigenvalue weighted by molar-refractivity contribution is 0.0944. The lowest BCUT2D eigenvalue weighted by Gasteiger charge is -2.07. The van der Waals surface area contributed by atoms with E-state index in [0.29, 0.717) is 11.2 Å². The van der Waals surface area contributed by atoms with Crippen molar-refractivity contribution in [1.29, 1.82) is 0 Å². The third kappa shape index (κ3) is 2.57. The molecule has 0 aliphatic carbocycles. The van der Waals surface area contributed by atoms with Crippen LogP contribution in [-0.4, -0.2) is 26.5 Å². The molecule has 0 aliphatic heterocycles. The van der Waals surface area contributed by atoms with Crippen molar-refractivity contribution in [3.8, 4) is 11.3 Å². The Balaban J connectivity index is 2.09. The van der Waals surface area contributed by atoms with Crippen LogP contribution in [0.2, 0.25) is 0 Å². The van der Waals surface area contributed by atoms with Gasteiger partial charge in [-0.25, -0.2) is 9.50 Å². The van der Waals surface area contributed by atoms with E-state index in [1.807, 2.05) is 39.0 Å². The molecule has 2 heterocycles. The van der Waals surface area contributed by atoms with Gasteiger partial charge in [-0.2, -0.15) is 5.10 Å². The van der Waals surface area contributed by atoms with Crippen molar-refractivity contribution in [2.24, 2.45) is 0 Å². The van der Waals surface area contributed by atoms with Gasteiger partial charge < -0.3 is 5.32 Å². The predicted molar refractivity (Wildman–Crippen MR) is 85.8 cm³/mol. The van der Waals surface area contributed by atoms with Gasteiger partial charge in [0.05, 0.1) is 11.9 Å². The van der Waals surface area contributed by atoms with E-state index >= 15 is 0 Å². The Morgan fingerprint density at radius 2 is 1.91 bits per heavy atom.